The van der Waals surface area contributed by atoms with Gasteiger partial charge < -0.3 is 4.74 Å². The molecule has 3 heteroatoms. The normalized spacial score (nSPS) is 16.4. The molecule has 1 aliphatic rings. The standard InChI is InChI=1S/C18H15NO2/c1-13(12-14-8-4-2-5-9-14)16-18(20)21-17(19-16)15-10-6-3-7-11-15/h2-11H,12H2,1H3. The maximum atomic E-state index is 12.0. The van der Waals surface area contributed by atoms with Gasteiger partial charge in [-0.1, -0.05) is 48.5 Å². The average Bonchev–Trinajstić information content (AvgIpc) is 2.91. The quantitative estimate of drug-likeness (QED) is 0.636. The van der Waals surface area contributed by atoms with Crippen molar-refractivity contribution in [2.24, 2.45) is 4.99 Å². The first-order chi connectivity index (χ1) is 10.2. The minimum atomic E-state index is -0.373. The van der Waals surface area contributed by atoms with Crippen LogP contribution < -0.4 is 0 Å². The molecular formula is C18H15NO2. The van der Waals surface area contributed by atoms with E-state index in [1.807, 2.05) is 67.6 Å². The van der Waals surface area contributed by atoms with Gasteiger partial charge in [0, 0.05) is 5.56 Å². The minimum absolute atomic E-state index is 0.373. The van der Waals surface area contributed by atoms with Gasteiger partial charge in [0.15, 0.2) is 5.70 Å². The number of rotatable bonds is 3. The summed E-state index contributed by atoms with van der Waals surface area (Å²) in [4.78, 5) is 16.4. The van der Waals surface area contributed by atoms with Crippen LogP contribution >= 0.6 is 0 Å². The summed E-state index contributed by atoms with van der Waals surface area (Å²) in [7, 11) is 0. The Kier molecular flexibility index (Phi) is 3.65. The summed E-state index contributed by atoms with van der Waals surface area (Å²) >= 11 is 0. The molecule has 0 N–H and O–H groups in total. The van der Waals surface area contributed by atoms with E-state index in [1.54, 1.807) is 0 Å². The minimum Gasteiger partial charge on any atom is -0.402 e. The number of cyclic esters (lactones) is 1. The fraction of sp³-hybridized carbons (Fsp3) is 0.111. The van der Waals surface area contributed by atoms with E-state index in [4.69, 9.17) is 4.74 Å². The summed E-state index contributed by atoms with van der Waals surface area (Å²) in [5.74, 6) is 0.00490. The number of aliphatic imine (C=N–C) groups is 1. The van der Waals surface area contributed by atoms with E-state index in [0.29, 0.717) is 18.0 Å². The Hall–Kier alpha value is -2.68. The molecule has 1 heterocycles. The van der Waals surface area contributed by atoms with Crippen molar-refractivity contribution in [2.45, 2.75) is 13.3 Å². The number of carbonyl (C=O) groups is 1. The zero-order valence-corrected chi connectivity index (χ0v) is 11.7. The van der Waals surface area contributed by atoms with E-state index in [0.717, 1.165) is 16.7 Å². The summed E-state index contributed by atoms with van der Waals surface area (Å²) in [6, 6.07) is 19.5. The lowest BCUT2D eigenvalue weighted by Gasteiger charge is -2.02. The van der Waals surface area contributed by atoms with Gasteiger partial charge in [-0.3, -0.25) is 0 Å². The molecule has 0 aliphatic carbocycles. The Morgan fingerprint density at radius 2 is 1.62 bits per heavy atom. The van der Waals surface area contributed by atoms with Crippen LogP contribution in [0.4, 0.5) is 0 Å². The molecule has 2 aromatic carbocycles. The SMILES string of the molecule is CC(Cc1ccccc1)=C1N=C(c2ccccc2)OC1=O. The molecule has 0 fully saturated rings. The van der Waals surface area contributed by atoms with E-state index in [1.165, 1.54) is 0 Å². The predicted octanol–water partition coefficient (Wildman–Crippen LogP) is 3.51. The third kappa shape index (κ3) is 2.92. The molecule has 0 saturated heterocycles. The Labute approximate surface area is 123 Å². The Bertz CT molecular complexity index is 715. The van der Waals surface area contributed by atoms with Gasteiger partial charge in [-0.2, -0.15) is 0 Å². The lowest BCUT2D eigenvalue weighted by atomic mass is 10.1. The molecular weight excluding hydrogens is 262 g/mol. The van der Waals surface area contributed by atoms with Crippen LogP contribution in [0.5, 0.6) is 0 Å². The van der Waals surface area contributed by atoms with Crippen LogP contribution in [0.15, 0.2) is 76.9 Å². The number of benzene rings is 2. The monoisotopic (exact) mass is 277 g/mol. The third-order valence-corrected chi connectivity index (χ3v) is 3.33. The highest BCUT2D eigenvalue weighted by Gasteiger charge is 2.25. The van der Waals surface area contributed by atoms with Crippen molar-refractivity contribution in [2.75, 3.05) is 0 Å². The molecule has 1 aliphatic heterocycles. The van der Waals surface area contributed by atoms with E-state index >= 15 is 0 Å². The van der Waals surface area contributed by atoms with Crippen LogP contribution in [0.1, 0.15) is 18.1 Å². The highest BCUT2D eigenvalue weighted by Crippen LogP contribution is 2.21. The summed E-state index contributed by atoms with van der Waals surface area (Å²) in [6.45, 7) is 1.92. The molecule has 0 radical (unpaired) electrons. The fourth-order valence-electron chi connectivity index (χ4n) is 2.27. The average molecular weight is 277 g/mol. The first kappa shape index (κ1) is 13.3. The molecule has 0 aromatic heterocycles. The lowest BCUT2D eigenvalue weighted by Crippen LogP contribution is -2.06. The molecule has 0 spiro atoms. The van der Waals surface area contributed by atoms with E-state index in [2.05, 4.69) is 4.99 Å². The van der Waals surface area contributed by atoms with Crippen molar-refractivity contribution >= 4 is 11.9 Å². The Morgan fingerprint density at radius 3 is 2.29 bits per heavy atom. The number of nitrogens with zero attached hydrogens (tertiary/aromatic N) is 1. The number of hydrogen-bond acceptors (Lipinski definition) is 3. The van der Waals surface area contributed by atoms with Crippen LogP contribution in [0.25, 0.3) is 0 Å². The van der Waals surface area contributed by atoms with Crippen LogP contribution in [-0.4, -0.2) is 11.9 Å². The zero-order chi connectivity index (χ0) is 14.7. The van der Waals surface area contributed by atoms with E-state index in [9.17, 15) is 4.79 Å². The largest absolute Gasteiger partial charge is 0.402 e. The summed E-state index contributed by atoms with van der Waals surface area (Å²) in [5.41, 5.74) is 3.29. The second-order valence-electron chi connectivity index (χ2n) is 4.96. The van der Waals surface area contributed by atoms with Crippen molar-refractivity contribution < 1.29 is 9.53 Å². The van der Waals surface area contributed by atoms with Gasteiger partial charge >= 0.3 is 5.97 Å². The van der Waals surface area contributed by atoms with E-state index < -0.39 is 0 Å². The highest BCUT2D eigenvalue weighted by atomic mass is 16.6. The maximum Gasteiger partial charge on any atom is 0.363 e. The molecule has 104 valence electrons. The number of allylic oxidation sites excluding steroid dienone is 1. The Balaban J connectivity index is 1.89. The second kappa shape index (κ2) is 5.75. The second-order valence-corrected chi connectivity index (χ2v) is 4.96. The number of carbonyl (C=O) groups excluding carboxylic acids is 1. The van der Waals surface area contributed by atoms with Crippen LogP contribution in [0, 0.1) is 0 Å². The van der Waals surface area contributed by atoms with Crippen LogP contribution in [-0.2, 0) is 16.0 Å². The first-order valence-corrected chi connectivity index (χ1v) is 6.84. The van der Waals surface area contributed by atoms with Crippen molar-refractivity contribution in [3.8, 4) is 0 Å². The van der Waals surface area contributed by atoms with Gasteiger partial charge in [0.2, 0.25) is 5.90 Å². The van der Waals surface area contributed by atoms with Crippen molar-refractivity contribution in [1.29, 1.82) is 0 Å². The van der Waals surface area contributed by atoms with Gasteiger partial charge in [0.1, 0.15) is 0 Å². The van der Waals surface area contributed by atoms with Crippen molar-refractivity contribution in [3.63, 3.8) is 0 Å². The Morgan fingerprint density at radius 1 is 1.00 bits per heavy atom. The van der Waals surface area contributed by atoms with Gasteiger partial charge in [-0.25, -0.2) is 9.79 Å². The summed E-state index contributed by atoms with van der Waals surface area (Å²) < 4.78 is 5.27. The van der Waals surface area contributed by atoms with Crippen LogP contribution in [0.2, 0.25) is 0 Å². The molecule has 0 bridgehead atoms. The molecule has 3 nitrogen and oxygen atoms in total. The molecule has 2 aromatic rings. The molecule has 3 rings (SSSR count). The van der Waals surface area contributed by atoms with Gasteiger partial charge in [0.05, 0.1) is 0 Å². The molecule has 0 atom stereocenters. The lowest BCUT2D eigenvalue weighted by molar-refractivity contribution is -0.130. The summed E-state index contributed by atoms with van der Waals surface area (Å²) in [6.07, 6.45) is 0.691. The molecule has 0 saturated carbocycles. The third-order valence-electron chi connectivity index (χ3n) is 3.33. The van der Waals surface area contributed by atoms with Gasteiger partial charge in [-0.05, 0) is 36.6 Å². The molecule has 21 heavy (non-hydrogen) atoms. The highest BCUT2D eigenvalue weighted by molar-refractivity contribution is 6.11. The number of esters is 1. The fourth-order valence-corrected chi connectivity index (χ4v) is 2.27. The number of ether oxygens (including phenoxy) is 1. The van der Waals surface area contributed by atoms with Crippen molar-refractivity contribution in [3.05, 3.63) is 83.1 Å². The molecule has 0 amide bonds. The maximum absolute atomic E-state index is 12.0. The van der Waals surface area contributed by atoms with E-state index in [-0.39, 0.29) is 5.97 Å². The predicted molar refractivity (Wildman–Crippen MR) is 81.9 cm³/mol. The summed E-state index contributed by atoms with van der Waals surface area (Å²) in [5, 5.41) is 0. The topological polar surface area (TPSA) is 38.7 Å². The zero-order valence-electron chi connectivity index (χ0n) is 11.7. The van der Waals surface area contributed by atoms with Gasteiger partial charge in [0.25, 0.3) is 0 Å². The van der Waals surface area contributed by atoms with Gasteiger partial charge in [-0.15, -0.1) is 0 Å². The molecule has 0 unspecified atom stereocenters. The smallest absolute Gasteiger partial charge is 0.363 e. The van der Waals surface area contributed by atoms with Crippen molar-refractivity contribution in [1.82, 2.24) is 0 Å². The van der Waals surface area contributed by atoms with Crippen LogP contribution in [0.3, 0.4) is 0 Å². The number of hydrogen-bond donors (Lipinski definition) is 0. The first-order valence-electron chi connectivity index (χ1n) is 6.84.